The minimum atomic E-state index is -0.919. The molecule has 0 unspecified atom stereocenters. The Labute approximate surface area is 98.4 Å². The summed E-state index contributed by atoms with van der Waals surface area (Å²) >= 11 is 1.49. The molecule has 1 saturated heterocycles. The van der Waals surface area contributed by atoms with Gasteiger partial charge in [-0.1, -0.05) is 6.07 Å². The van der Waals surface area contributed by atoms with E-state index >= 15 is 0 Å². The summed E-state index contributed by atoms with van der Waals surface area (Å²) in [6, 6.07) is 3.77. The Balaban J connectivity index is 2.31. The van der Waals surface area contributed by atoms with Gasteiger partial charge in [0.2, 0.25) is 0 Å². The third kappa shape index (κ3) is 1.86. The van der Waals surface area contributed by atoms with Crippen molar-refractivity contribution in [1.29, 1.82) is 0 Å². The number of carbonyl (C=O) groups is 1. The Hall–Kier alpha value is -0.910. The van der Waals surface area contributed by atoms with E-state index in [1.165, 1.54) is 11.3 Å². The molecule has 1 aromatic heterocycles. The smallest absolute Gasteiger partial charge is 0.329 e. The zero-order valence-corrected chi connectivity index (χ0v) is 10.00. The van der Waals surface area contributed by atoms with Gasteiger partial charge >= 0.3 is 5.97 Å². The number of hydrogen-bond acceptors (Lipinski definition) is 4. The van der Waals surface area contributed by atoms with Gasteiger partial charge < -0.3 is 9.84 Å². The minimum absolute atomic E-state index is 0.605. The van der Waals surface area contributed by atoms with Crippen molar-refractivity contribution in [2.45, 2.75) is 12.5 Å². The summed E-state index contributed by atoms with van der Waals surface area (Å²) in [4.78, 5) is 14.4. The number of aliphatic carboxylic acids is 1. The van der Waals surface area contributed by atoms with Crippen LogP contribution in [0.5, 0.6) is 0 Å². The molecule has 2 heterocycles. The molecule has 88 valence electrons. The van der Waals surface area contributed by atoms with Crippen LogP contribution in [0.2, 0.25) is 0 Å². The fourth-order valence-electron chi connectivity index (χ4n) is 1.96. The van der Waals surface area contributed by atoms with Crippen LogP contribution in [0.3, 0.4) is 0 Å². The SMILES string of the molecule is C[C@](C(=O)O)(c1cccs1)N1CCOCC1. The zero-order chi connectivity index (χ0) is 11.6. The van der Waals surface area contributed by atoms with Gasteiger partial charge in [0.25, 0.3) is 0 Å². The second kappa shape index (κ2) is 4.53. The van der Waals surface area contributed by atoms with Gasteiger partial charge in [-0.3, -0.25) is 4.90 Å². The molecule has 0 spiro atoms. The first-order chi connectivity index (χ1) is 7.65. The van der Waals surface area contributed by atoms with Gasteiger partial charge in [-0.15, -0.1) is 11.3 Å². The summed E-state index contributed by atoms with van der Waals surface area (Å²) in [5.41, 5.74) is -0.919. The summed E-state index contributed by atoms with van der Waals surface area (Å²) in [5.74, 6) is -0.795. The molecule has 16 heavy (non-hydrogen) atoms. The van der Waals surface area contributed by atoms with E-state index in [4.69, 9.17) is 4.74 Å². The molecule has 2 rings (SSSR count). The number of carboxylic acid groups (broad SMARTS) is 1. The van der Waals surface area contributed by atoms with Crippen LogP contribution < -0.4 is 0 Å². The molecule has 1 aliphatic rings. The highest BCUT2D eigenvalue weighted by molar-refractivity contribution is 7.10. The highest BCUT2D eigenvalue weighted by atomic mass is 32.1. The van der Waals surface area contributed by atoms with E-state index in [0.29, 0.717) is 26.3 Å². The van der Waals surface area contributed by atoms with Crippen molar-refractivity contribution < 1.29 is 14.6 Å². The van der Waals surface area contributed by atoms with Crippen LogP contribution in [0.4, 0.5) is 0 Å². The average Bonchev–Trinajstić information content (AvgIpc) is 2.82. The lowest BCUT2D eigenvalue weighted by Crippen LogP contribution is -2.53. The Morgan fingerprint density at radius 3 is 2.75 bits per heavy atom. The Kier molecular flexibility index (Phi) is 3.28. The van der Waals surface area contributed by atoms with Crippen molar-refractivity contribution >= 4 is 17.3 Å². The lowest BCUT2D eigenvalue weighted by atomic mass is 9.97. The van der Waals surface area contributed by atoms with E-state index in [9.17, 15) is 9.90 Å². The van der Waals surface area contributed by atoms with Gasteiger partial charge in [-0.25, -0.2) is 4.79 Å². The molecule has 1 N–H and O–H groups in total. The molecule has 0 aliphatic carbocycles. The van der Waals surface area contributed by atoms with Crippen LogP contribution in [0.25, 0.3) is 0 Å². The first-order valence-electron chi connectivity index (χ1n) is 5.26. The first-order valence-corrected chi connectivity index (χ1v) is 6.14. The molecule has 1 aromatic rings. The third-order valence-electron chi connectivity index (χ3n) is 3.06. The van der Waals surface area contributed by atoms with Crippen LogP contribution in [-0.4, -0.2) is 42.3 Å². The summed E-state index contributed by atoms with van der Waals surface area (Å²) in [7, 11) is 0. The lowest BCUT2D eigenvalue weighted by molar-refractivity contribution is -0.154. The fourth-order valence-corrected chi connectivity index (χ4v) is 2.87. The van der Waals surface area contributed by atoms with Crippen molar-refractivity contribution in [3.63, 3.8) is 0 Å². The predicted molar refractivity (Wildman–Crippen MR) is 61.7 cm³/mol. The predicted octanol–water partition coefficient (Wildman–Crippen LogP) is 1.38. The standard InChI is InChI=1S/C11H15NO3S/c1-11(10(13)14,9-3-2-8-16-9)12-4-6-15-7-5-12/h2-3,8H,4-7H2,1H3,(H,13,14)/t11-/m1/s1. The topological polar surface area (TPSA) is 49.8 Å². The Morgan fingerprint density at radius 1 is 1.56 bits per heavy atom. The van der Waals surface area contributed by atoms with E-state index in [1.54, 1.807) is 6.92 Å². The highest BCUT2D eigenvalue weighted by Crippen LogP contribution is 2.32. The third-order valence-corrected chi connectivity index (χ3v) is 4.14. The maximum absolute atomic E-state index is 11.5. The van der Waals surface area contributed by atoms with Crippen molar-refractivity contribution in [1.82, 2.24) is 4.90 Å². The van der Waals surface area contributed by atoms with Crippen molar-refractivity contribution in [3.05, 3.63) is 22.4 Å². The minimum Gasteiger partial charge on any atom is -0.480 e. The van der Waals surface area contributed by atoms with Gasteiger partial charge in [0.15, 0.2) is 5.54 Å². The molecule has 4 nitrogen and oxygen atoms in total. The molecule has 0 radical (unpaired) electrons. The highest BCUT2D eigenvalue weighted by Gasteiger charge is 2.42. The van der Waals surface area contributed by atoms with E-state index in [1.807, 2.05) is 22.4 Å². The van der Waals surface area contributed by atoms with E-state index < -0.39 is 11.5 Å². The van der Waals surface area contributed by atoms with Crippen molar-refractivity contribution in [2.24, 2.45) is 0 Å². The number of hydrogen-bond donors (Lipinski definition) is 1. The summed E-state index contributed by atoms with van der Waals surface area (Å²) in [5, 5.41) is 11.4. The van der Waals surface area contributed by atoms with E-state index in [2.05, 4.69) is 0 Å². The maximum Gasteiger partial charge on any atom is 0.329 e. The molecule has 0 saturated carbocycles. The van der Waals surface area contributed by atoms with Gasteiger partial charge in [-0.2, -0.15) is 0 Å². The summed E-state index contributed by atoms with van der Waals surface area (Å²) in [6.45, 7) is 4.32. The Morgan fingerprint density at radius 2 is 2.25 bits per heavy atom. The molecule has 0 aromatic carbocycles. The van der Waals surface area contributed by atoms with Crippen LogP contribution in [0, 0.1) is 0 Å². The molecule has 1 aliphatic heterocycles. The van der Waals surface area contributed by atoms with Gasteiger partial charge in [0, 0.05) is 18.0 Å². The lowest BCUT2D eigenvalue weighted by Gasteiger charge is -2.39. The molecule has 1 atom stereocenters. The number of rotatable bonds is 3. The quantitative estimate of drug-likeness (QED) is 0.868. The van der Waals surface area contributed by atoms with Gasteiger partial charge in [-0.05, 0) is 18.4 Å². The number of morpholine rings is 1. The van der Waals surface area contributed by atoms with Crippen LogP contribution in [0.15, 0.2) is 17.5 Å². The molecule has 0 amide bonds. The van der Waals surface area contributed by atoms with E-state index in [-0.39, 0.29) is 0 Å². The number of thiophene rings is 1. The number of nitrogens with zero attached hydrogens (tertiary/aromatic N) is 1. The average molecular weight is 241 g/mol. The van der Waals surface area contributed by atoms with Gasteiger partial charge in [0.1, 0.15) is 0 Å². The molecule has 0 bridgehead atoms. The zero-order valence-electron chi connectivity index (χ0n) is 9.18. The second-order valence-corrected chi connectivity index (χ2v) is 4.90. The number of carboxylic acids is 1. The van der Waals surface area contributed by atoms with Gasteiger partial charge in [0.05, 0.1) is 13.2 Å². The second-order valence-electron chi connectivity index (χ2n) is 3.95. The van der Waals surface area contributed by atoms with Crippen molar-refractivity contribution in [2.75, 3.05) is 26.3 Å². The monoisotopic (exact) mass is 241 g/mol. The van der Waals surface area contributed by atoms with Crippen LogP contribution >= 0.6 is 11.3 Å². The normalized spacial score (nSPS) is 21.6. The van der Waals surface area contributed by atoms with Crippen LogP contribution in [0.1, 0.15) is 11.8 Å². The van der Waals surface area contributed by atoms with Crippen LogP contribution in [-0.2, 0) is 15.1 Å². The molecular formula is C11H15NO3S. The van der Waals surface area contributed by atoms with E-state index in [0.717, 1.165) is 4.88 Å². The molecule has 1 fully saturated rings. The maximum atomic E-state index is 11.5. The molecule has 5 heteroatoms. The van der Waals surface area contributed by atoms with Crippen molar-refractivity contribution in [3.8, 4) is 0 Å². The Bertz CT molecular complexity index is 359. The summed E-state index contributed by atoms with van der Waals surface area (Å²) in [6.07, 6.45) is 0. The number of ether oxygens (including phenoxy) is 1. The fraction of sp³-hybridized carbons (Fsp3) is 0.545. The largest absolute Gasteiger partial charge is 0.480 e. The first kappa shape index (κ1) is 11.6. The molecular weight excluding hydrogens is 226 g/mol. The summed E-state index contributed by atoms with van der Waals surface area (Å²) < 4.78 is 5.26.